The van der Waals surface area contributed by atoms with E-state index in [-0.39, 0.29) is 26.8 Å². The van der Waals surface area contributed by atoms with Crippen molar-refractivity contribution in [3.05, 3.63) is 35.9 Å². The molecule has 0 aliphatic carbocycles. The molecule has 1 aromatic carbocycles. The molecule has 4 atom stereocenters. The summed E-state index contributed by atoms with van der Waals surface area (Å²) in [4.78, 5) is 34.8. The van der Waals surface area contributed by atoms with Crippen LogP contribution in [0.1, 0.15) is 5.56 Å². The lowest BCUT2D eigenvalue weighted by atomic mass is 10.2. The Morgan fingerprint density at radius 3 is 1.44 bits per heavy atom. The van der Waals surface area contributed by atoms with E-state index in [1.165, 1.54) is 0 Å². The second-order valence-electron chi connectivity index (χ2n) is 8.93. The van der Waals surface area contributed by atoms with Gasteiger partial charge in [-0.2, -0.15) is 0 Å². The minimum Gasteiger partial charge on any atom is -0.389 e. The first-order chi connectivity index (χ1) is 18.7. The van der Waals surface area contributed by atoms with Gasteiger partial charge in [0.1, 0.15) is 20.2 Å². The summed E-state index contributed by atoms with van der Waals surface area (Å²) in [6.07, 6.45) is -0.770. The molecule has 1 heterocycles. The molecule has 0 amide bonds. The molecule has 1 aliphatic rings. The zero-order valence-electron chi connectivity index (χ0n) is 21.8. The van der Waals surface area contributed by atoms with E-state index in [9.17, 15) is 18.8 Å². The second-order valence-corrected chi connectivity index (χ2v) is 11.4. The van der Waals surface area contributed by atoms with E-state index in [1.54, 1.807) is 4.90 Å². The van der Waals surface area contributed by atoms with Crippen LogP contribution in [0.15, 0.2) is 30.3 Å². The minimum atomic E-state index is -3.14. The molecule has 1 saturated heterocycles. The Labute approximate surface area is 230 Å². The lowest BCUT2D eigenvalue weighted by Crippen LogP contribution is -2.48. The topological polar surface area (TPSA) is 182 Å². The second kappa shape index (κ2) is 20.3. The fraction of sp³-hybridized carbons (Fsp3) is 0.714. The highest BCUT2D eigenvalue weighted by molar-refractivity contribution is 7.32. The normalized spacial score (nSPS) is 21.0. The maximum Gasteiger partial charge on any atom is 0.317 e. The largest absolute Gasteiger partial charge is 0.389 e. The first-order valence-corrected chi connectivity index (χ1v) is 16.3. The van der Waals surface area contributed by atoms with Crippen LogP contribution >= 0.6 is 24.8 Å². The molecular weight excluding hydrogens is 577 g/mol. The van der Waals surface area contributed by atoms with E-state index in [1.807, 2.05) is 45.0 Å². The molecule has 2 rings (SSSR count). The highest BCUT2D eigenvalue weighted by atomic mass is 31.1. The van der Waals surface area contributed by atoms with Gasteiger partial charge < -0.3 is 24.5 Å². The Hall–Kier alpha value is -0.570. The van der Waals surface area contributed by atoms with Gasteiger partial charge in [0.05, 0.1) is 19.3 Å². The summed E-state index contributed by atoms with van der Waals surface area (Å²) in [5, 5.41) is 10.6. The van der Waals surface area contributed by atoms with Crippen molar-refractivity contribution in [2.24, 2.45) is 0 Å². The van der Waals surface area contributed by atoms with Crippen LogP contribution in [0, 0.1) is 0 Å². The third-order valence-corrected chi connectivity index (χ3v) is 7.06. The monoisotopic (exact) mass is 618 g/mol. The molecule has 4 unspecified atom stereocenters. The first kappa shape index (κ1) is 34.6. The van der Waals surface area contributed by atoms with Crippen LogP contribution < -0.4 is 0 Å². The van der Waals surface area contributed by atoms with Crippen molar-refractivity contribution < 1.29 is 51.8 Å². The number of hydrogen-bond acceptors (Lipinski definition) is 12. The van der Waals surface area contributed by atoms with E-state index in [0.29, 0.717) is 65.5 Å². The Bertz CT molecular complexity index is 843. The van der Waals surface area contributed by atoms with Crippen molar-refractivity contribution in [3.63, 3.8) is 0 Å². The predicted octanol–water partition coefficient (Wildman–Crippen LogP) is -0.146. The summed E-state index contributed by atoms with van der Waals surface area (Å²) >= 11 is 0. The van der Waals surface area contributed by atoms with Gasteiger partial charge in [0, 0.05) is 58.9 Å². The number of aliphatic hydroxyl groups excluding tert-OH is 1. The van der Waals surface area contributed by atoms with Gasteiger partial charge in [-0.25, -0.2) is 0 Å². The zero-order chi connectivity index (χ0) is 28.5. The smallest absolute Gasteiger partial charge is 0.317 e. The molecule has 1 fully saturated rings. The summed E-state index contributed by atoms with van der Waals surface area (Å²) in [5.41, 5.74) is 1.000. The van der Waals surface area contributed by atoms with Crippen molar-refractivity contribution in [2.75, 3.05) is 85.7 Å². The quantitative estimate of drug-likeness (QED) is 0.190. The number of β-amino-alcohol motifs (C(OH)–C–C–N with tert-alkyl or cyclic N) is 1. The third kappa shape index (κ3) is 17.1. The molecule has 39 heavy (non-hydrogen) atoms. The fourth-order valence-electron chi connectivity index (χ4n) is 3.83. The minimum absolute atomic E-state index is 0.0824. The van der Waals surface area contributed by atoms with Crippen LogP contribution in [0.5, 0.6) is 0 Å². The third-order valence-electron chi connectivity index (χ3n) is 5.93. The highest BCUT2D eigenvalue weighted by Gasteiger charge is 2.19. The van der Waals surface area contributed by atoms with Crippen LogP contribution in [-0.4, -0.2) is 131 Å². The number of benzene rings is 1. The number of rotatable bonds is 15. The summed E-state index contributed by atoms with van der Waals surface area (Å²) in [5.74, 6) is 0. The first-order valence-electron chi connectivity index (χ1n) is 12.5. The molecule has 1 aliphatic heterocycles. The number of nitrogens with zero attached hydrogens (tertiary/aromatic N) is 4. The Morgan fingerprint density at radius 2 is 1.05 bits per heavy atom. The maximum absolute atomic E-state index is 11.2. The van der Waals surface area contributed by atoms with Crippen LogP contribution in [0.4, 0.5) is 0 Å². The van der Waals surface area contributed by atoms with Crippen molar-refractivity contribution in [3.8, 4) is 0 Å². The van der Waals surface area contributed by atoms with E-state index in [4.69, 9.17) is 33.0 Å². The number of ether oxygens (including phenoxy) is 1. The molecule has 0 bridgehead atoms. The fourth-order valence-corrected chi connectivity index (χ4v) is 4.70. The van der Waals surface area contributed by atoms with Gasteiger partial charge in [0.15, 0.2) is 0 Å². The van der Waals surface area contributed by atoms with Gasteiger partial charge in [-0.3, -0.25) is 46.9 Å². The van der Waals surface area contributed by atoms with Crippen LogP contribution in [0.3, 0.4) is 0 Å². The maximum atomic E-state index is 11.2. The highest BCUT2D eigenvalue weighted by Crippen LogP contribution is 2.17. The molecule has 226 valence electrons. The lowest BCUT2D eigenvalue weighted by molar-refractivity contribution is 0.000754. The summed E-state index contributed by atoms with van der Waals surface area (Å²) in [7, 11) is -9.42. The van der Waals surface area contributed by atoms with Gasteiger partial charge in [0.25, 0.3) is 0 Å². The summed E-state index contributed by atoms with van der Waals surface area (Å²) in [6.45, 7) is 3.99. The van der Waals surface area contributed by atoms with Gasteiger partial charge in [-0.15, -0.1) is 0 Å². The predicted molar refractivity (Wildman–Crippen MR) is 145 cm³/mol. The van der Waals surface area contributed by atoms with Gasteiger partial charge in [0.2, 0.25) is 0 Å². The average molecular weight is 618 g/mol. The van der Waals surface area contributed by atoms with Crippen LogP contribution in [0.2, 0.25) is 0 Å². The molecule has 0 spiro atoms. The van der Waals surface area contributed by atoms with Crippen molar-refractivity contribution in [2.45, 2.75) is 12.7 Å². The number of aliphatic hydroxyl groups is 1. The Morgan fingerprint density at radius 1 is 0.667 bits per heavy atom. The average Bonchev–Trinajstić information content (AvgIpc) is 2.89. The standard InChI is InChI=1S/C21H41N4O11P3/c26-21(16-33-15-20-4-2-1-3-5-20)14-22-6-8-23(17-34-37(27)28)10-12-25(19-36-39(31)32)13-11-24(9-7-22)18-35-38(29)30/h1-5,21,26,37-39H,6-19H2,(H,27,28)(H,29,30)(H,31,32). The van der Waals surface area contributed by atoms with E-state index < -0.39 is 30.9 Å². The molecule has 0 saturated carbocycles. The lowest BCUT2D eigenvalue weighted by Gasteiger charge is -2.34. The van der Waals surface area contributed by atoms with Gasteiger partial charge in [-0.05, 0) is 5.56 Å². The van der Waals surface area contributed by atoms with Gasteiger partial charge >= 0.3 is 24.8 Å². The Kier molecular flexibility index (Phi) is 18.1. The Balaban J connectivity index is 2.03. The molecule has 4 N–H and O–H groups in total. The summed E-state index contributed by atoms with van der Waals surface area (Å²) in [6, 6.07) is 9.63. The zero-order valence-corrected chi connectivity index (χ0v) is 24.8. The molecule has 0 radical (unpaired) electrons. The SMILES string of the molecule is O=[PH](O)OCN1CCN(CO[PH](=O)O)CCN(CC(O)COCc2ccccc2)CCN(CO[PH](=O)O)CC1. The molecule has 15 nitrogen and oxygen atoms in total. The van der Waals surface area contributed by atoms with Crippen molar-refractivity contribution in [1.82, 2.24) is 19.6 Å². The van der Waals surface area contributed by atoms with Crippen LogP contribution in [-0.2, 0) is 38.6 Å². The summed E-state index contributed by atoms with van der Waals surface area (Å²) < 4.78 is 53.9. The van der Waals surface area contributed by atoms with Crippen molar-refractivity contribution in [1.29, 1.82) is 0 Å². The molecule has 18 heteroatoms. The van der Waals surface area contributed by atoms with E-state index in [0.717, 1.165) is 5.56 Å². The van der Waals surface area contributed by atoms with Gasteiger partial charge in [-0.1, -0.05) is 30.3 Å². The number of hydrogen-bond donors (Lipinski definition) is 4. The van der Waals surface area contributed by atoms with Crippen molar-refractivity contribution >= 4 is 24.8 Å². The molecule has 1 aromatic rings. The van der Waals surface area contributed by atoms with Crippen LogP contribution in [0.25, 0.3) is 0 Å². The van der Waals surface area contributed by atoms with E-state index in [2.05, 4.69) is 0 Å². The molecule has 0 aromatic heterocycles. The van der Waals surface area contributed by atoms with E-state index >= 15 is 0 Å². The molecular formula is C21H41N4O11P3.